The Morgan fingerprint density at radius 2 is 1.96 bits per heavy atom. The maximum Gasteiger partial charge on any atom is 0.272 e. The van der Waals surface area contributed by atoms with Gasteiger partial charge >= 0.3 is 0 Å². The van der Waals surface area contributed by atoms with Gasteiger partial charge in [-0.1, -0.05) is 40.2 Å². The fourth-order valence-electron chi connectivity index (χ4n) is 3.19. The smallest absolute Gasteiger partial charge is 0.272 e. The molecule has 2 N–H and O–H groups in total. The lowest BCUT2D eigenvalue weighted by atomic mass is 10.1. The average Bonchev–Trinajstić information content (AvgIpc) is 3.06. The summed E-state index contributed by atoms with van der Waals surface area (Å²) in [6.45, 7) is 1.18. The van der Waals surface area contributed by atoms with Crippen LogP contribution < -0.4 is 10.9 Å². The summed E-state index contributed by atoms with van der Waals surface area (Å²) in [5, 5.41) is 11.8. The molecule has 0 atom stereocenters. The summed E-state index contributed by atoms with van der Waals surface area (Å²) in [6, 6.07) is 15.3. The Kier molecular flexibility index (Phi) is 4.77. The van der Waals surface area contributed by atoms with E-state index in [-0.39, 0.29) is 17.9 Å². The molecule has 0 aliphatic carbocycles. The molecule has 4 aromatic rings. The fraction of sp³-hybridized carbons (Fsp3) is 0.150. The van der Waals surface area contributed by atoms with E-state index in [1.54, 1.807) is 12.1 Å². The summed E-state index contributed by atoms with van der Waals surface area (Å²) in [5.74, 6) is -0.127. The van der Waals surface area contributed by atoms with E-state index in [9.17, 15) is 9.59 Å². The van der Waals surface area contributed by atoms with Crippen molar-refractivity contribution in [2.45, 2.75) is 13.0 Å². The number of nitrogens with zero attached hydrogens (tertiary/aromatic N) is 2. The Hall–Kier alpha value is -2.93. The molecule has 1 amide bonds. The van der Waals surface area contributed by atoms with Crippen molar-refractivity contribution < 1.29 is 4.79 Å². The molecule has 136 valence electrons. The first-order valence-corrected chi connectivity index (χ1v) is 9.38. The third-order valence-corrected chi connectivity index (χ3v) is 5.01. The summed E-state index contributed by atoms with van der Waals surface area (Å²) in [7, 11) is 0. The number of H-pyrrole nitrogens is 1. The SMILES string of the molecule is O=C(Cc1n[nH]c(=O)c2ccccc12)NCCn1ccc2ccc(Br)cc21. The molecule has 0 aliphatic heterocycles. The highest BCUT2D eigenvalue weighted by Crippen LogP contribution is 2.20. The van der Waals surface area contributed by atoms with Crippen LogP contribution in [-0.4, -0.2) is 27.2 Å². The van der Waals surface area contributed by atoms with Gasteiger partial charge in [0.25, 0.3) is 5.56 Å². The van der Waals surface area contributed by atoms with Crippen LogP contribution in [0.4, 0.5) is 0 Å². The van der Waals surface area contributed by atoms with Crippen molar-refractivity contribution in [1.82, 2.24) is 20.1 Å². The lowest BCUT2D eigenvalue weighted by Crippen LogP contribution is -2.29. The van der Waals surface area contributed by atoms with Crippen LogP contribution in [-0.2, 0) is 17.8 Å². The number of carbonyl (C=O) groups excluding carboxylic acids is 1. The molecule has 2 heterocycles. The highest BCUT2D eigenvalue weighted by Gasteiger charge is 2.10. The van der Waals surface area contributed by atoms with Crippen molar-refractivity contribution in [2.24, 2.45) is 0 Å². The number of aromatic amines is 1. The van der Waals surface area contributed by atoms with Crippen LogP contribution in [0, 0.1) is 0 Å². The summed E-state index contributed by atoms with van der Waals surface area (Å²) >= 11 is 3.49. The Balaban J connectivity index is 1.42. The maximum absolute atomic E-state index is 12.3. The molecule has 0 bridgehead atoms. The van der Waals surface area contributed by atoms with E-state index in [0.29, 0.717) is 29.6 Å². The normalized spacial score (nSPS) is 11.1. The second-order valence-corrected chi connectivity index (χ2v) is 7.20. The lowest BCUT2D eigenvalue weighted by Gasteiger charge is -2.09. The van der Waals surface area contributed by atoms with Gasteiger partial charge in [-0.15, -0.1) is 0 Å². The third-order valence-electron chi connectivity index (χ3n) is 4.51. The van der Waals surface area contributed by atoms with E-state index >= 15 is 0 Å². The van der Waals surface area contributed by atoms with Gasteiger partial charge in [0.1, 0.15) is 0 Å². The van der Waals surface area contributed by atoms with Crippen LogP contribution in [0.3, 0.4) is 0 Å². The predicted octanol–water partition coefficient (Wildman–Crippen LogP) is 3.00. The number of rotatable bonds is 5. The maximum atomic E-state index is 12.3. The van der Waals surface area contributed by atoms with Crippen LogP contribution >= 0.6 is 15.9 Å². The van der Waals surface area contributed by atoms with Crippen molar-refractivity contribution in [1.29, 1.82) is 0 Å². The average molecular weight is 425 g/mol. The van der Waals surface area contributed by atoms with E-state index in [1.807, 2.05) is 24.4 Å². The van der Waals surface area contributed by atoms with Crippen LogP contribution in [0.2, 0.25) is 0 Å². The Morgan fingerprint density at radius 1 is 1.15 bits per heavy atom. The number of benzene rings is 2. The second-order valence-electron chi connectivity index (χ2n) is 6.28. The molecule has 27 heavy (non-hydrogen) atoms. The zero-order valence-corrected chi connectivity index (χ0v) is 16.0. The van der Waals surface area contributed by atoms with Gasteiger partial charge in [-0.2, -0.15) is 5.10 Å². The minimum atomic E-state index is -0.250. The van der Waals surface area contributed by atoms with E-state index in [2.05, 4.69) is 54.2 Å². The van der Waals surface area contributed by atoms with Gasteiger partial charge in [0.05, 0.1) is 17.5 Å². The van der Waals surface area contributed by atoms with Crippen LogP contribution in [0.1, 0.15) is 5.69 Å². The molecule has 0 spiro atoms. The zero-order chi connectivity index (χ0) is 18.8. The van der Waals surface area contributed by atoms with Gasteiger partial charge in [-0.25, -0.2) is 5.10 Å². The summed E-state index contributed by atoms with van der Waals surface area (Å²) < 4.78 is 3.13. The predicted molar refractivity (Wildman–Crippen MR) is 109 cm³/mol. The number of hydrogen-bond acceptors (Lipinski definition) is 3. The van der Waals surface area contributed by atoms with E-state index < -0.39 is 0 Å². The minimum Gasteiger partial charge on any atom is -0.354 e. The molecule has 4 rings (SSSR count). The fourth-order valence-corrected chi connectivity index (χ4v) is 3.54. The molecule has 0 fully saturated rings. The number of fused-ring (bicyclic) bond motifs is 2. The molecule has 2 aromatic carbocycles. The first kappa shape index (κ1) is 17.5. The molecule has 0 unspecified atom stereocenters. The van der Waals surface area contributed by atoms with Gasteiger partial charge in [0.15, 0.2) is 0 Å². The number of aromatic nitrogens is 3. The van der Waals surface area contributed by atoms with Crippen molar-refractivity contribution in [3.05, 3.63) is 75.2 Å². The molecule has 7 heteroatoms. The Labute approximate surface area is 163 Å². The summed E-state index contributed by atoms with van der Waals surface area (Å²) in [6.07, 6.45) is 2.13. The minimum absolute atomic E-state index is 0.120. The van der Waals surface area contributed by atoms with E-state index in [4.69, 9.17) is 0 Å². The van der Waals surface area contributed by atoms with Gasteiger partial charge < -0.3 is 9.88 Å². The topological polar surface area (TPSA) is 79.8 Å². The lowest BCUT2D eigenvalue weighted by molar-refractivity contribution is -0.120. The van der Waals surface area contributed by atoms with Gasteiger partial charge in [-0.05, 0) is 29.7 Å². The van der Waals surface area contributed by atoms with E-state index in [1.165, 1.54) is 0 Å². The van der Waals surface area contributed by atoms with Crippen molar-refractivity contribution >= 4 is 43.5 Å². The molecular formula is C20H17BrN4O2. The Bertz CT molecular complexity index is 1200. The van der Waals surface area contributed by atoms with Crippen molar-refractivity contribution in [3.8, 4) is 0 Å². The number of carbonyl (C=O) groups is 1. The molecule has 0 saturated heterocycles. The highest BCUT2D eigenvalue weighted by molar-refractivity contribution is 9.10. The van der Waals surface area contributed by atoms with Crippen LogP contribution in [0.15, 0.2) is 64.0 Å². The molecule has 2 aromatic heterocycles. The Morgan fingerprint density at radius 3 is 2.81 bits per heavy atom. The second kappa shape index (κ2) is 7.36. The first-order valence-electron chi connectivity index (χ1n) is 8.59. The zero-order valence-electron chi connectivity index (χ0n) is 14.4. The molecule has 6 nitrogen and oxygen atoms in total. The number of halogens is 1. The molecular weight excluding hydrogens is 408 g/mol. The summed E-state index contributed by atoms with van der Waals surface area (Å²) in [5.41, 5.74) is 1.44. The third kappa shape index (κ3) is 3.64. The quantitative estimate of drug-likeness (QED) is 0.516. The standard InChI is InChI=1S/C20H17BrN4O2/c21-14-6-5-13-7-9-25(18(13)11-14)10-8-22-19(26)12-17-15-3-1-2-4-16(15)20(27)24-23-17/h1-7,9,11H,8,10,12H2,(H,22,26)(H,24,27). The largest absolute Gasteiger partial charge is 0.354 e. The molecule has 0 saturated carbocycles. The molecule has 0 radical (unpaired) electrons. The number of hydrogen-bond donors (Lipinski definition) is 2. The number of nitrogens with one attached hydrogen (secondary N) is 2. The van der Waals surface area contributed by atoms with Crippen LogP contribution in [0.5, 0.6) is 0 Å². The highest BCUT2D eigenvalue weighted by atomic mass is 79.9. The van der Waals surface area contributed by atoms with Gasteiger partial charge in [0.2, 0.25) is 5.91 Å². The first-order chi connectivity index (χ1) is 13.1. The van der Waals surface area contributed by atoms with Crippen molar-refractivity contribution in [3.63, 3.8) is 0 Å². The van der Waals surface area contributed by atoms with Crippen molar-refractivity contribution in [2.75, 3.05) is 6.54 Å². The monoisotopic (exact) mass is 424 g/mol. The van der Waals surface area contributed by atoms with Gasteiger partial charge in [0, 0.05) is 34.7 Å². The van der Waals surface area contributed by atoms with E-state index in [0.717, 1.165) is 15.4 Å². The van der Waals surface area contributed by atoms with Gasteiger partial charge in [-0.3, -0.25) is 9.59 Å². The number of amides is 1. The van der Waals surface area contributed by atoms with Crippen LogP contribution in [0.25, 0.3) is 21.7 Å². The summed E-state index contributed by atoms with van der Waals surface area (Å²) in [4.78, 5) is 24.2. The molecule has 0 aliphatic rings.